The van der Waals surface area contributed by atoms with Gasteiger partial charge in [0.25, 0.3) is 5.91 Å². The van der Waals surface area contributed by atoms with Gasteiger partial charge in [0.2, 0.25) is 0 Å². The third kappa shape index (κ3) is 1.90. The maximum Gasteiger partial charge on any atom is 0.251 e. The number of rotatable bonds is 2. The third-order valence-electron chi connectivity index (χ3n) is 3.15. The maximum atomic E-state index is 11.8. The number of fused-ring (bicyclic) bond motifs is 1. The molecule has 0 bridgehead atoms. The fourth-order valence-corrected chi connectivity index (χ4v) is 2.29. The van der Waals surface area contributed by atoms with E-state index in [1.165, 1.54) is 24.0 Å². The summed E-state index contributed by atoms with van der Waals surface area (Å²) in [5.74, 6) is 0.760. The Kier molecular flexibility index (Phi) is 3.13. The number of aryl methyl sites for hydroxylation is 1. The third-order valence-corrected chi connectivity index (χ3v) is 3.15. The van der Waals surface area contributed by atoms with E-state index in [0.29, 0.717) is 0 Å². The number of hydrogen-bond donors (Lipinski definition) is 1. The fourth-order valence-electron chi connectivity index (χ4n) is 2.29. The van der Waals surface area contributed by atoms with Gasteiger partial charge in [-0.1, -0.05) is 0 Å². The number of hydrogen-bond acceptors (Lipinski definition) is 2. The first-order valence-electron chi connectivity index (χ1n) is 5.68. The van der Waals surface area contributed by atoms with E-state index in [1.807, 2.05) is 6.07 Å². The Labute approximate surface area is 95.8 Å². The van der Waals surface area contributed by atoms with Gasteiger partial charge in [0.05, 0.1) is 7.11 Å². The molecular formula is C13H17NO2. The Hall–Kier alpha value is -1.51. The molecule has 1 aromatic rings. The van der Waals surface area contributed by atoms with Gasteiger partial charge < -0.3 is 10.1 Å². The summed E-state index contributed by atoms with van der Waals surface area (Å²) in [5.41, 5.74) is 3.24. The second-order valence-electron chi connectivity index (χ2n) is 4.10. The van der Waals surface area contributed by atoms with Gasteiger partial charge in [-0.05, 0) is 48.9 Å². The standard InChI is InChI=1S/C13H17NO2/c1-14-13(15)12-8-10(16-2)7-9-5-3-4-6-11(9)12/h7-8H,3-6H2,1-2H3,(H,14,15). The van der Waals surface area contributed by atoms with Crippen LogP contribution in [0.5, 0.6) is 5.75 Å². The Bertz CT molecular complexity index is 413. The van der Waals surface area contributed by atoms with Crippen LogP contribution < -0.4 is 10.1 Å². The summed E-state index contributed by atoms with van der Waals surface area (Å²) >= 11 is 0. The zero-order valence-electron chi connectivity index (χ0n) is 9.80. The van der Waals surface area contributed by atoms with Gasteiger partial charge in [0.15, 0.2) is 0 Å². The van der Waals surface area contributed by atoms with E-state index in [4.69, 9.17) is 4.74 Å². The zero-order chi connectivity index (χ0) is 11.5. The van der Waals surface area contributed by atoms with Crippen molar-refractivity contribution in [3.05, 3.63) is 28.8 Å². The van der Waals surface area contributed by atoms with E-state index in [9.17, 15) is 4.79 Å². The van der Waals surface area contributed by atoms with Crippen LogP contribution in [-0.2, 0) is 12.8 Å². The van der Waals surface area contributed by atoms with Crippen molar-refractivity contribution in [2.75, 3.05) is 14.2 Å². The lowest BCUT2D eigenvalue weighted by Crippen LogP contribution is -2.21. The largest absolute Gasteiger partial charge is 0.497 e. The molecule has 0 saturated carbocycles. The smallest absolute Gasteiger partial charge is 0.251 e. The lowest BCUT2D eigenvalue weighted by molar-refractivity contribution is 0.0961. The van der Waals surface area contributed by atoms with E-state index >= 15 is 0 Å². The Balaban J connectivity index is 2.51. The Morgan fingerprint density at radius 1 is 1.31 bits per heavy atom. The lowest BCUT2D eigenvalue weighted by atomic mass is 9.87. The summed E-state index contributed by atoms with van der Waals surface area (Å²) in [6.45, 7) is 0. The van der Waals surface area contributed by atoms with Crippen molar-refractivity contribution in [2.24, 2.45) is 0 Å². The second-order valence-corrected chi connectivity index (χ2v) is 4.10. The highest BCUT2D eigenvalue weighted by Crippen LogP contribution is 2.29. The Morgan fingerprint density at radius 3 is 2.75 bits per heavy atom. The number of carbonyl (C=O) groups is 1. The lowest BCUT2D eigenvalue weighted by Gasteiger charge is -2.19. The predicted octanol–water partition coefficient (Wildman–Crippen LogP) is 1.93. The van der Waals surface area contributed by atoms with Crippen molar-refractivity contribution < 1.29 is 9.53 Å². The summed E-state index contributed by atoms with van der Waals surface area (Å²) < 4.78 is 5.24. The first kappa shape index (κ1) is 11.0. The van der Waals surface area contributed by atoms with Gasteiger partial charge in [-0.3, -0.25) is 4.79 Å². The van der Waals surface area contributed by atoms with Gasteiger partial charge in [-0.2, -0.15) is 0 Å². The molecule has 86 valence electrons. The van der Waals surface area contributed by atoms with Gasteiger partial charge in [0.1, 0.15) is 5.75 Å². The first-order chi connectivity index (χ1) is 7.76. The highest BCUT2D eigenvalue weighted by molar-refractivity contribution is 5.96. The molecule has 0 saturated heterocycles. The van der Waals surface area contributed by atoms with Crippen LogP contribution in [0.2, 0.25) is 0 Å². The predicted molar refractivity (Wildman–Crippen MR) is 63.0 cm³/mol. The molecule has 2 rings (SSSR count). The minimum absolute atomic E-state index is 0.0166. The van der Waals surface area contributed by atoms with Gasteiger partial charge in [0, 0.05) is 12.6 Å². The molecular weight excluding hydrogens is 202 g/mol. The van der Waals surface area contributed by atoms with Crippen molar-refractivity contribution in [3.63, 3.8) is 0 Å². The molecule has 0 unspecified atom stereocenters. The SMILES string of the molecule is CNC(=O)c1cc(OC)cc2c1CCCC2. The summed E-state index contributed by atoms with van der Waals surface area (Å²) in [6.07, 6.45) is 4.43. The van der Waals surface area contributed by atoms with Crippen molar-refractivity contribution in [2.45, 2.75) is 25.7 Å². The molecule has 0 heterocycles. The number of carbonyl (C=O) groups excluding carboxylic acids is 1. The summed E-state index contributed by atoms with van der Waals surface area (Å²) in [5, 5.41) is 2.69. The van der Waals surface area contributed by atoms with Crippen LogP contribution in [0.3, 0.4) is 0 Å². The monoisotopic (exact) mass is 219 g/mol. The molecule has 3 heteroatoms. The Morgan fingerprint density at radius 2 is 2.06 bits per heavy atom. The van der Waals surface area contributed by atoms with Gasteiger partial charge in [-0.25, -0.2) is 0 Å². The van der Waals surface area contributed by atoms with Crippen LogP contribution in [0, 0.1) is 0 Å². The van der Waals surface area contributed by atoms with E-state index in [0.717, 1.165) is 24.2 Å². The molecule has 0 aliphatic heterocycles. The van der Waals surface area contributed by atoms with E-state index in [-0.39, 0.29) is 5.91 Å². The van der Waals surface area contributed by atoms with Crippen molar-refractivity contribution in [3.8, 4) is 5.75 Å². The maximum absolute atomic E-state index is 11.8. The normalized spacial score (nSPS) is 14.1. The number of nitrogens with one attached hydrogen (secondary N) is 1. The quantitative estimate of drug-likeness (QED) is 0.825. The summed E-state index contributed by atoms with van der Waals surface area (Å²) in [6, 6.07) is 3.89. The fraction of sp³-hybridized carbons (Fsp3) is 0.462. The molecule has 1 amide bonds. The summed E-state index contributed by atoms with van der Waals surface area (Å²) in [4.78, 5) is 11.8. The minimum atomic E-state index is -0.0166. The molecule has 1 aromatic carbocycles. The molecule has 0 aromatic heterocycles. The molecule has 0 fully saturated rings. The van der Waals surface area contributed by atoms with Crippen molar-refractivity contribution in [1.82, 2.24) is 5.32 Å². The zero-order valence-corrected chi connectivity index (χ0v) is 9.80. The number of ether oxygens (including phenoxy) is 1. The molecule has 1 aliphatic carbocycles. The molecule has 3 nitrogen and oxygen atoms in total. The van der Waals surface area contributed by atoms with Gasteiger partial charge in [-0.15, -0.1) is 0 Å². The highest BCUT2D eigenvalue weighted by Gasteiger charge is 2.18. The molecule has 0 atom stereocenters. The average molecular weight is 219 g/mol. The van der Waals surface area contributed by atoms with Crippen molar-refractivity contribution >= 4 is 5.91 Å². The minimum Gasteiger partial charge on any atom is -0.497 e. The number of amides is 1. The van der Waals surface area contributed by atoms with E-state index in [1.54, 1.807) is 14.2 Å². The summed E-state index contributed by atoms with van der Waals surface area (Å²) in [7, 11) is 3.30. The number of benzene rings is 1. The van der Waals surface area contributed by atoms with Crippen LogP contribution >= 0.6 is 0 Å². The van der Waals surface area contributed by atoms with Gasteiger partial charge >= 0.3 is 0 Å². The molecule has 0 radical (unpaired) electrons. The van der Waals surface area contributed by atoms with Crippen LogP contribution in [-0.4, -0.2) is 20.1 Å². The van der Waals surface area contributed by atoms with Crippen LogP contribution in [0.15, 0.2) is 12.1 Å². The second kappa shape index (κ2) is 4.56. The van der Waals surface area contributed by atoms with Crippen LogP contribution in [0.25, 0.3) is 0 Å². The molecule has 16 heavy (non-hydrogen) atoms. The van der Waals surface area contributed by atoms with Crippen LogP contribution in [0.1, 0.15) is 34.3 Å². The average Bonchev–Trinajstić information content (AvgIpc) is 2.36. The molecule has 0 spiro atoms. The van der Waals surface area contributed by atoms with E-state index in [2.05, 4.69) is 11.4 Å². The molecule has 1 N–H and O–H groups in total. The van der Waals surface area contributed by atoms with Crippen LogP contribution in [0.4, 0.5) is 0 Å². The topological polar surface area (TPSA) is 38.3 Å². The highest BCUT2D eigenvalue weighted by atomic mass is 16.5. The van der Waals surface area contributed by atoms with E-state index < -0.39 is 0 Å². The first-order valence-corrected chi connectivity index (χ1v) is 5.68. The van der Waals surface area contributed by atoms with Crippen molar-refractivity contribution in [1.29, 1.82) is 0 Å². The number of methoxy groups -OCH3 is 1. The molecule has 1 aliphatic rings.